The van der Waals surface area contributed by atoms with Crippen molar-refractivity contribution in [1.29, 1.82) is 0 Å². The van der Waals surface area contributed by atoms with E-state index in [1.807, 2.05) is 0 Å². The fraction of sp³-hybridized carbons (Fsp3) is 0.444. The summed E-state index contributed by atoms with van der Waals surface area (Å²) in [5.41, 5.74) is 0. The second kappa shape index (κ2) is 3.79. The molecule has 0 spiro atoms. The molecule has 0 radical (unpaired) electrons. The summed E-state index contributed by atoms with van der Waals surface area (Å²) in [4.78, 5) is 3.76. The molecule has 0 unspecified atom stereocenters. The minimum atomic E-state index is -3.69. The van der Waals surface area contributed by atoms with Gasteiger partial charge in [-0.2, -0.15) is 0 Å². The second-order valence-corrected chi connectivity index (χ2v) is 5.13. The molecule has 5 nitrogen and oxygen atoms in total. The van der Waals surface area contributed by atoms with Crippen LogP contribution in [0.2, 0.25) is 0 Å². The summed E-state index contributed by atoms with van der Waals surface area (Å²) in [7, 11) is -3.69. The molecular weight excluding hydrogens is 216 g/mol. The van der Waals surface area contributed by atoms with Gasteiger partial charge in [0.15, 0.2) is 0 Å². The number of hydrogen-bond acceptors (Lipinski definition) is 4. The number of hydrogen-bond donors (Lipinski definition) is 1. The van der Waals surface area contributed by atoms with E-state index in [9.17, 15) is 8.42 Å². The molecule has 82 valence electrons. The van der Waals surface area contributed by atoms with E-state index in [4.69, 9.17) is 9.88 Å². The minimum absolute atomic E-state index is 0.0145. The highest BCUT2D eigenvalue weighted by Gasteiger charge is 2.19. The lowest BCUT2D eigenvalue weighted by molar-refractivity contribution is 0.119. The SMILES string of the molecule is NS(=O)(=O)c1cncc(OC2CCC2)c1. The summed E-state index contributed by atoms with van der Waals surface area (Å²) >= 11 is 0. The monoisotopic (exact) mass is 228 g/mol. The highest BCUT2D eigenvalue weighted by Crippen LogP contribution is 2.25. The van der Waals surface area contributed by atoms with Gasteiger partial charge in [-0.15, -0.1) is 0 Å². The summed E-state index contributed by atoms with van der Waals surface area (Å²) in [6.45, 7) is 0. The van der Waals surface area contributed by atoms with Crippen molar-refractivity contribution in [1.82, 2.24) is 4.98 Å². The lowest BCUT2D eigenvalue weighted by Crippen LogP contribution is -2.24. The summed E-state index contributed by atoms with van der Waals surface area (Å²) in [5.74, 6) is 0.464. The Kier molecular flexibility index (Phi) is 2.62. The average molecular weight is 228 g/mol. The van der Waals surface area contributed by atoms with Gasteiger partial charge in [-0.25, -0.2) is 13.6 Å². The molecule has 0 amide bonds. The van der Waals surface area contributed by atoms with Gasteiger partial charge < -0.3 is 4.74 Å². The molecule has 2 N–H and O–H groups in total. The fourth-order valence-electron chi connectivity index (χ4n) is 1.30. The molecule has 1 fully saturated rings. The van der Waals surface area contributed by atoms with Crippen molar-refractivity contribution in [2.45, 2.75) is 30.3 Å². The van der Waals surface area contributed by atoms with Gasteiger partial charge in [0.05, 0.1) is 12.3 Å². The molecule has 0 saturated heterocycles. The molecule has 1 aromatic heterocycles. The molecule has 2 rings (SSSR count). The van der Waals surface area contributed by atoms with E-state index in [1.165, 1.54) is 18.5 Å². The Labute approximate surface area is 88.3 Å². The largest absolute Gasteiger partial charge is 0.489 e. The van der Waals surface area contributed by atoms with Crippen molar-refractivity contribution in [3.63, 3.8) is 0 Å². The molecule has 0 atom stereocenters. The number of sulfonamides is 1. The van der Waals surface area contributed by atoms with Gasteiger partial charge in [-0.1, -0.05) is 0 Å². The zero-order valence-electron chi connectivity index (χ0n) is 8.09. The van der Waals surface area contributed by atoms with Crippen molar-refractivity contribution < 1.29 is 13.2 Å². The van der Waals surface area contributed by atoms with Crippen LogP contribution in [0, 0.1) is 0 Å². The molecule has 0 aliphatic heterocycles. The van der Waals surface area contributed by atoms with Gasteiger partial charge in [0.25, 0.3) is 0 Å². The Morgan fingerprint density at radius 3 is 2.67 bits per heavy atom. The van der Waals surface area contributed by atoms with E-state index in [1.54, 1.807) is 0 Å². The van der Waals surface area contributed by atoms with Crippen molar-refractivity contribution in [3.05, 3.63) is 18.5 Å². The van der Waals surface area contributed by atoms with Crippen molar-refractivity contribution in [3.8, 4) is 5.75 Å². The van der Waals surface area contributed by atoms with Gasteiger partial charge in [-0.05, 0) is 19.3 Å². The first kappa shape index (κ1) is 10.4. The summed E-state index contributed by atoms with van der Waals surface area (Å²) < 4.78 is 27.6. The molecule has 6 heteroatoms. The summed E-state index contributed by atoms with van der Waals surface area (Å²) in [6, 6.07) is 1.40. The van der Waals surface area contributed by atoms with E-state index < -0.39 is 10.0 Å². The van der Waals surface area contributed by atoms with Crippen LogP contribution < -0.4 is 9.88 Å². The van der Waals surface area contributed by atoms with E-state index in [2.05, 4.69) is 4.98 Å². The average Bonchev–Trinajstić information content (AvgIpc) is 2.11. The smallest absolute Gasteiger partial charge is 0.239 e. The molecule has 1 heterocycles. The Hall–Kier alpha value is -1.14. The van der Waals surface area contributed by atoms with Gasteiger partial charge in [0.1, 0.15) is 10.6 Å². The molecule has 1 aliphatic rings. The third kappa shape index (κ3) is 2.45. The third-order valence-corrected chi connectivity index (χ3v) is 3.25. The first-order chi connectivity index (χ1) is 7.05. The van der Waals surface area contributed by atoms with Crippen LogP contribution in [-0.2, 0) is 10.0 Å². The topological polar surface area (TPSA) is 82.3 Å². The quantitative estimate of drug-likeness (QED) is 0.823. The molecule has 1 aliphatic carbocycles. The first-order valence-electron chi connectivity index (χ1n) is 4.70. The Bertz CT molecular complexity index is 454. The van der Waals surface area contributed by atoms with Gasteiger partial charge >= 0.3 is 0 Å². The lowest BCUT2D eigenvalue weighted by Gasteiger charge is -2.26. The number of aromatic nitrogens is 1. The lowest BCUT2D eigenvalue weighted by atomic mass is 9.96. The third-order valence-electron chi connectivity index (χ3n) is 2.37. The van der Waals surface area contributed by atoms with E-state index in [0.29, 0.717) is 5.75 Å². The summed E-state index contributed by atoms with van der Waals surface area (Å²) in [5, 5.41) is 4.98. The van der Waals surface area contributed by atoms with Crippen LogP contribution in [0.3, 0.4) is 0 Å². The van der Waals surface area contributed by atoms with E-state index >= 15 is 0 Å². The number of nitrogens with zero attached hydrogens (tertiary/aromatic N) is 1. The number of primary sulfonamides is 1. The molecule has 0 aromatic carbocycles. The van der Waals surface area contributed by atoms with Crippen molar-refractivity contribution in [2.75, 3.05) is 0 Å². The standard InChI is InChI=1S/C9H12N2O3S/c10-15(12,13)9-4-8(5-11-6-9)14-7-2-1-3-7/h4-7H,1-3H2,(H2,10,12,13). The zero-order valence-corrected chi connectivity index (χ0v) is 8.90. The maximum Gasteiger partial charge on any atom is 0.239 e. The van der Waals surface area contributed by atoms with Gasteiger partial charge in [-0.3, -0.25) is 4.98 Å². The van der Waals surface area contributed by atoms with Crippen LogP contribution in [0.25, 0.3) is 0 Å². The van der Waals surface area contributed by atoms with Gasteiger partial charge in [0, 0.05) is 12.3 Å². The molecule has 1 saturated carbocycles. The Morgan fingerprint density at radius 1 is 1.40 bits per heavy atom. The predicted molar refractivity (Wildman–Crippen MR) is 53.9 cm³/mol. The second-order valence-electron chi connectivity index (χ2n) is 3.57. The van der Waals surface area contributed by atoms with Crippen LogP contribution in [-0.4, -0.2) is 19.5 Å². The normalized spacial score (nSPS) is 17.1. The van der Waals surface area contributed by atoms with Crippen LogP contribution >= 0.6 is 0 Å². The van der Waals surface area contributed by atoms with Gasteiger partial charge in [0.2, 0.25) is 10.0 Å². The van der Waals surface area contributed by atoms with Crippen LogP contribution in [0.5, 0.6) is 5.75 Å². The maximum atomic E-state index is 11.0. The Balaban J connectivity index is 2.18. The minimum Gasteiger partial charge on any atom is -0.489 e. The number of rotatable bonds is 3. The van der Waals surface area contributed by atoms with Crippen molar-refractivity contribution >= 4 is 10.0 Å². The van der Waals surface area contributed by atoms with Crippen molar-refractivity contribution in [2.24, 2.45) is 5.14 Å². The number of nitrogens with two attached hydrogens (primary N) is 1. The van der Waals surface area contributed by atoms with Crippen LogP contribution in [0.15, 0.2) is 23.4 Å². The molecular formula is C9H12N2O3S. The summed E-state index contributed by atoms with van der Waals surface area (Å²) in [6.07, 6.45) is 6.09. The number of pyridine rings is 1. The van der Waals surface area contributed by atoms with Crippen LogP contribution in [0.1, 0.15) is 19.3 Å². The van der Waals surface area contributed by atoms with Crippen LogP contribution in [0.4, 0.5) is 0 Å². The first-order valence-corrected chi connectivity index (χ1v) is 6.25. The maximum absolute atomic E-state index is 11.0. The molecule has 0 bridgehead atoms. The molecule has 1 aromatic rings. The Morgan fingerprint density at radius 2 is 2.13 bits per heavy atom. The highest BCUT2D eigenvalue weighted by molar-refractivity contribution is 7.89. The van der Waals surface area contributed by atoms with E-state index in [-0.39, 0.29) is 11.0 Å². The predicted octanol–water partition coefficient (Wildman–Crippen LogP) is 0.660. The molecule has 15 heavy (non-hydrogen) atoms. The highest BCUT2D eigenvalue weighted by atomic mass is 32.2. The number of ether oxygens (including phenoxy) is 1. The fourth-order valence-corrected chi connectivity index (χ4v) is 1.79. The van der Waals surface area contributed by atoms with E-state index in [0.717, 1.165) is 19.3 Å². The zero-order chi connectivity index (χ0) is 10.9.